The average Bonchev–Trinajstić information content (AvgIpc) is 2.61. The van der Waals surface area contributed by atoms with Gasteiger partial charge in [-0.25, -0.2) is 0 Å². The number of hydrogen-bond acceptors (Lipinski definition) is 3. The highest BCUT2D eigenvalue weighted by molar-refractivity contribution is 5.69. The molecule has 1 saturated carbocycles. The molecule has 0 amide bonds. The van der Waals surface area contributed by atoms with E-state index in [1.54, 1.807) is 0 Å². The molecule has 0 aromatic heterocycles. The lowest BCUT2D eigenvalue weighted by atomic mass is 9.89. The number of carbonyl (C=O) groups is 1. The van der Waals surface area contributed by atoms with Crippen molar-refractivity contribution in [1.82, 2.24) is 0 Å². The molecule has 0 bridgehead atoms. The molecule has 92 valence electrons. The maximum atomic E-state index is 11.2. The second kappa shape index (κ2) is 6.69. The van der Waals surface area contributed by atoms with Gasteiger partial charge in [-0.3, -0.25) is 4.79 Å². The first kappa shape index (κ1) is 13.2. The molecule has 1 fully saturated rings. The summed E-state index contributed by atoms with van der Waals surface area (Å²) in [7, 11) is 1.42. The minimum absolute atomic E-state index is 0.163. The third-order valence-corrected chi connectivity index (χ3v) is 3.40. The first-order valence-corrected chi connectivity index (χ1v) is 6.08. The van der Waals surface area contributed by atoms with E-state index in [4.69, 9.17) is 0 Å². The number of carbonyl (C=O) groups excluding carboxylic acids is 1. The number of ether oxygens (including phenoxy) is 1. The number of methoxy groups -OCH3 is 1. The van der Waals surface area contributed by atoms with Crippen LogP contribution >= 0.6 is 0 Å². The monoisotopic (exact) mass is 226 g/mol. The van der Waals surface area contributed by atoms with Crippen LogP contribution in [0.3, 0.4) is 0 Å². The van der Waals surface area contributed by atoms with Gasteiger partial charge in [-0.1, -0.05) is 19.1 Å². The van der Waals surface area contributed by atoms with Gasteiger partial charge >= 0.3 is 5.97 Å². The molecule has 1 rings (SSSR count). The summed E-state index contributed by atoms with van der Waals surface area (Å²) in [5.41, 5.74) is 0. The number of esters is 1. The van der Waals surface area contributed by atoms with E-state index >= 15 is 0 Å². The minimum Gasteiger partial charge on any atom is -0.469 e. The topological polar surface area (TPSA) is 46.5 Å². The quantitative estimate of drug-likeness (QED) is 0.578. The molecule has 3 nitrogen and oxygen atoms in total. The Morgan fingerprint density at radius 2 is 2.19 bits per heavy atom. The Hall–Kier alpha value is -0.830. The van der Waals surface area contributed by atoms with Gasteiger partial charge in [0, 0.05) is 6.42 Å². The number of hydrogen-bond donors (Lipinski definition) is 1. The second-order valence-electron chi connectivity index (χ2n) is 4.46. The SMILES string of the molecule is CC/C=C\C[C@@H]1[C@@H](CC(=O)OC)CC[C@H]1O. The summed E-state index contributed by atoms with van der Waals surface area (Å²) in [5.74, 6) is 0.342. The van der Waals surface area contributed by atoms with E-state index in [1.165, 1.54) is 7.11 Å². The fourth-order valence-electron chi connectivity index (χ4n) is 2.45. The van der Waals surface area contributed by atoms with Gasteiger partial charge in [0.05, 0.1) is 13.2 Å². The van der Waals surface area contributed by atoms with Crippen LogP contribution in [0, 0.1) is 11.8 Å². The van der Waals surface area contributed by atoms with Crippen LogP contribution in [-0.2, 0) is 9.53 Å². The molecule has 0 heterocycles. The zero-order valence-corrected chi connectivity index (χ0v) is 10.2. The van der Waals surface area contributed by atoms with E-state index in [0.29, 0.717) is 6.42 Å². The van der Waals surface area contributed by atoms with Crippen LogP contribution < -0.4 is 0 Å². The molecular formula is C13H22O3. The predicted molar refractivity (Wildman–Crippen MR) is 62.9 cm³/mol. The lowest BCUT2D eigenvalue weighted by Gasteiger charge is -2.19. The Bertz CT molecular complexity index is 248. The standard InChI is InChI=1S/C13H22O3/c1-3-4-5-6-11-10(7-8-12(11)14)9-13(15)16-2/h4-5,10-12,14H,3,6-9H2,1-2H3/b5-4-/t10-,11-,12-/m1/s1. The van der Waals surface area contributed by atoms with Crippen molar-refractivity contribution >= 4 is 5.97 Å². The lowest BCUT2D eigenvalue weighted by Crippen LogP contribution is -2.21. The van der Waals surface area contributed by atoms with Crippen LogP contribution in [0.4, 0.5) is 0 Å². The predicted octanol–water partition coefficient (Wildman–Crippen LogP) is 2.29. The highest BCUT2D eigenvalue weighted by Gasteiger charge is 2.35. The van der Waals surface area contributed by atoms with Crippen LogP contribution in [0.5, 0.6) is 0 Å². The largest absolute Gasteiger partial charge is 0.469 e. The van der Waals surface area contributed by atoms with E-state index in [-0.39, 0.29) is 23.9 Å². The van der Waals surface area contributed by atoms with Crippen LogP contribution in [-0.4, -0.2) is 24.3 Å². The van der Waals surface area contributed by atoms with Crippen molar-refractivity contribution < 1.29 is 14.6 Å². The summed E-state index contributed by atoms with van der Waals surface area (Å²) < 4.78 is 4.68. The van der Waals surface area contributed by atoms with E-state index in [1.807, 2.05) is 0 Å². The molecular weight excluding hydrogens is 204 g/mol. The number of aliphatic hydroxyl groups excluding tert-OH is 1. The molecule has 16 heavy (non-hydrogen) atoms. The van der Waals surface area contributed by atoms with Crippen molar-refractivity contribution in [2.75, 3.05) is 7.11 Å². The smallest absolute Gasteiger partial charge is 0.305 e. The van der Waals surface area contributed by atoms with Crippen LogP contribution in [0.25, 0.3) is 0 Å². The van der Waals surface area contributed by atoms with Gasteiger partial charge < -0.3 is 9.84 Å². The fraction of sp³-hybridized carbons (Fsp3) is 0.769. The van der Waals surface area contributed by atoms with Gasteiger partial charge in [-0.2, -0.15) is 0 Å². The molecule has 0 unspecified atom stereocenters. The Balaban J connectivity index is 2.48. The Labute approximate surface area is 97.5 Å². The molecule has 0 aromatic carbocycles. The van der Waals surface area contributed by atoms with E-state index in [2.05, 4.69) is 23.8 Å². The fourth-order valence-corrected chi connectivity index (χ4v) is 2.45. The van der Waals surface area contributed by atoms with Crippen LogP contribution in [0.1, 0.15) is 39.0 Å². The Morgan fingerprint density at radius 3 is 2.81 bits per heavy atom. The molecule has 0 radical (unpaired) electrons. The van der Waals surface area contributed by atoms with Crippen molar-refractivity contribution in [3.8, 4) is 0 Å². The van der Waals surface area contributed by atoms with Gasteiger partial charge in [0.1, 0.15) is 0 Å². The van der Waals surface area contributed by atoms with E-state index in [0.717, 1.165) is 25.7 Å². The molecule has 0 spiro atoms. The lowest BCUT2D eigenvalue weighted by molar-refractivity contribution is -0.142. The van der Waals surface area contributed by atoms with Crippen molar-refractivity contribution in [3.63, 3.8) is 0 Å². The van der Waals surface area contributed by atoms with Gasteiger partial charge in [0.25, 0.3) is 0 Å². The molecule has 0 aliphatic heterocycles. The summed E-state index contributed by atoms with van der Waals surface area (Å²) >= 11 is 0. The highest BCUT2D eigenvalue weighted by atomic mass is 16.5. The van der Waals surface area contributed by atoms with Crippen molar-refractivity contribution in [2.24, 2.45) is 11.8 Å². The molecule has 1 aliphatic carbocycles. The summed E-state index contributed by atoms with van der Waals surface area (Å²) in [6, 6.07) is 0. The zero-order chi connectivity index (χ0) is 12.0. The number of aliphatic hydroxyl groups is 1. The molecule has 0 aromatic rings. The van der Waals surface area contributed by atoms with Crippen molar-refractivity contribution in [3.05, 3.63) is 12.2 Å². The maximum absolute atomic E-state index is 11.2. The normalized spacial score (nSPS) is 29.8. The second-order valence-corrected chi connectivity index (χ2v) is 4.46. The van der Waals surface area contributed by atoms with Gasteiger partial charge in [-0.15, -0.1) is 0 Å². The average molecular weight is 226 g/mol. The van der Waals surface area contributed by atoms with E-state index < -0.39 is 0 Å². The highest BCUT2D eigenvalue weighted by Crippen LogP contribution is 2.37. The Morgan fingerprint density at radius 1 is 1.44 bits per heavy atom. The third kappa shape index (κ3) is 3.63. The summed E-state index contributed by atoms with van der Waals surface area (Å²) in [5, 5.41) is 9.86. The van der Waals surface area contributed by atoms with Crippen LogP contribution in [0.15, 0.2) is 12.2 Å². The minimum atomic E-state index is -0.254. The third-order valence-electron chi connectivity index (χ3n) is 3.40. The van der Waals surface area contributed by atoms with Gasteiger partial charge in [-0.05, 0) is 37.5 Å². The molecule has 1 N–H and O–H groups in total. The number of allylic oxidation sites excluding steroid dienone is 2. The molecule has 1 aliphatic rings. The summed E-state index contributed by atoms with van der Waals surface area (Å²) in [6.07, 6.45) is 8.05. The van der Waals surface area contributed by atoms with E-state index in [9.17, 15) is 9.90 Å². The zero-order valence-electron chi connectivity index (χ0n) is 10.2. The molecule has 3 heteroatoms. The number of rotatable bonds is 5. The first-order chi connectivity index (χ1) is 7.69. The van der Waals surface area contributed by atoms with Crippen LogP contribution in [0.2, 0.25) is 0 Å². The van der Waals surface area contributed by atoms with Crippen molar-refractivity contribution in [2.45, 2.75) is 45.1 Å². The maximum Gasteiger partial charge on any atom is 0.305 e. The Kier molecular flexibility index (Phi) is 5.53. The van der Waals surface area contributed by atoms with Gasteiger partial charge in [0.2, 0.25) is 0 Å². The molecule has 3 atom stereocenters. The summed E-state index contributed by atoms with van der Waals surface area (Å²) in [6.45, 7) is 2.09. The first-order valence-electron chi connectivity index (χ1n) is 6.08. The molecule has 0 saturated heterocycles. The van der Waals surface area contributed by atoms with Gasteiger partial charge in [0.15, 0.2) is 0 Å². The summed E-state index contributed by atoms with van der Waals surface area (Å²) in [4.78, 5) is 11.2. The van der Waals surface area contributed by atoms with Crippen molar-refractivity contribution in [1.29, 1.82) is 0 Å².